The van der Waals surface area contributed by atoms with Gasteiger partial charge in [-0.2, -0.15) is 5.10 Å². The molecular weight excluding hydrogens is 398 g/mol. The molecule has 3 amide bonds. The van der Waals surface area contributed by atoms with Crippen molar-refractivity contribution in [3.63, 3.8) is 0 Å². The van der Waals surface area contributed by atoms with E-state index < -0.39 is 16.9 Å². The minimum absolute atomic E-state index is 0.0973. The van der Waals surface area contributed by atoms with Crippen LogP contribution in [0.1, 0.15) is 16.1 Å². The van der Waals surface area contributed by atoms with E-state index >= 15 is 0 Å². The maximum atomic E-state index is 12.2. The lowest BCUT2D eigenvalue weighted by atomic mass is 10.2. The van der Waals surface area contributed by atoms with Crippen molar-refractivity contribution < 1.29 is 14.5 Å². The highest BCUT2D eigenvalue weighted by Gasteiger charge is 2.18. The average Bonchev–Trinajstić information content (AvgIpc) is 3.17. The van der Waals surface area contributed by atoms with Gasteiger partial charge in [-0.3, -0.25) is 20.2 Å². The van der Waals surface area contributed by atoms with Crippen molar-refractivity contribution in [2.24, 2.45) is 5.10 Å². The summed E-state index contributed by atoms with van der Waals surface area (Å²) in [6.45, 7) is 0. The lowest BCUT2D eigenvalue weighted by molar-refractivity contribution is -0.384. The van der Waals surface area contributed by atoms with Gasteiger partial charge in [0.25, 0.3) is 11.6 Å². The molecule has 11 nitrogen and oxygen atoms in total. The predicted octanol–water partition coefficient (Wildman–Crippen LogP) is 2.85. The Morgan fingerprint density at radius 1 is 1.10 bits per heavy atom. The summed E-state index contributed by atoms with van der Waals surface area (Å²) in [5.74, 6) is -0.699. The minimum Gasteiger partial charge on any atom is -0.308 e. The molecule has 0 atom stereocenters. The fraction of sp³-hybridized carbons (Fsp3) is 0. The summed E-state index contributed by atoms with van der Waals surface area (Å²) in [4.78, 5) is 34.5. The van der Waals surface area contributed by atoms with Crippen molar-refractivity contribution >= 4 is 46.1 Å². The van der Waals surface area contributed by atoms with Crippen molar-refractivity contribution in [1.29, 1.82) is 0 Å². The molecule has 12 heteroatoms. The lowest BCUT2D eigenvalue weighted by Crippen LogP contribution is -2.23. The summed E-state index contributed by atoms with van der Waals surface area (Å²) in [7, 11) is 0. The Hall–Kier alpha value is -4.19. The number of rotatable bonds is 6. The van der Waals surface area contributed by atoms with Gasteiger partial charge in [0.05, 0.1) is 11.1 Å². The fourth-order valence-corrected chi connectivity index (χ4v) is 2.71. The zero-order valence-electron chi connectivity index (χ0n) is 14.6. The first kappa shape index (κ1) is 19.6. The second-order valence-electron chi connectivity index (χ2n) is 5.45. The number of nitro groups is 1. The topological polar surface area (TPSA) is 152 Å². The summed E-state index contributed by atoms with van der Waals surface area (Å²) in [5, 5.41) is 23.5. The number of carbonyl (C=O) groups excluding carboxylic acids is 2. The predicted molar refractivity (Wildman–Crippen MR) is 107 cm³/mol. The molecule has 3 N–H and O–H groups in total. The molecule has 0 bridgehead atoms. The van der Waals surface area contributed by atoms with Crippen molar-refractivity contribution in [2.45, 2.75) is 0 Å². The van der Waals surface area contributed by atoms with Crippen LogP contribution in [0, 0.1) is 10.1 Å². The van der Waals surface area contributed by atoms with Crippen LogP contribution in [0.4, 0.5) is 21.2 Å². The van der Waals surface area contributed by atoms with Gasteiger partial charge in [0.1, 0.15) is 0 Å². The number of urea groups is 1. The third kappa shape index (κ3) is 5.40. The molecule has 0 fully saturated rings. The number of non-ortho nitro benzene ring substituents is 1. The van der Waals surface area contributed by atoms with E-state index in [4.69, 9.17) is 0 Å². The van der Waals surface area contributed by atoms with Gasteiger partial charge >= 0.3 is 6.03 Å². The number of nitrogens with one attached hydrogen (secondary N) is 3. The summed E-state index contributed by atoms with van der Waals surface area (Å²) >= 11 is 0.831. The van der Waals surface area contributed by atoms with Gasteiger partial charge in [0.15, 0.2) is 10.7 Å². The number of nitrogens with zero attached hydrogens (tertiary/aromatic N) is 4. The zero-order valence-corrected chi connectivity index (χ0v) is 15.4. The van der Waals surface area contributed by atoms with Crippen LogP contribution < -0.4 is 16.1 Å². The standard InChI is InChI=1S/C17H13N7O4S/c25-15(22-18-10-11-5-4-8-13(9-11)24(27)28)14-16(29-23-21-14)20-17(26)19-12-6-2-1-3-7-12/h1-10H,(H,22,25)(H2,19,20,26)/b18-10+. The molecule has 1 heterocycles. The number of carbonyl (C=O) groups is 2. The van der Waals surface area contributed by atoms with Gasteiger partial charge in [0, 0.05) is 34.9 Å². The maximum absolute atomic E-state index is 12.2. The normalized spacial score (nSPS) is 10.5. The van der Waals surface area contributed by atoms with Crippen LogP contribution in [-0.2, 0) is 0 Å². The molecule has 146 valence electrons. The van der Waals surface area contributed by atoms with E-state index in [0.717, 1.165) is 11.5 Å². The first-order chi connectivity index (χ1) is 14.0. The summed E-state index contributed by atoms with van der Waals surface area (Å²) in [6, 6.07) is 13.9. The number of hydrogen-bond donors (Lipinski definition) is 3. The second kappa shape index (κ2) is 9.14. The smallest absolute Gasteiger partial charge is 0.308 e. The monoisotopic (exact) mass is 411 g/mol. The van der Waals surface area contributed by atoms with E-state index in [0.29, 0.717) is 11.3 Å². The SMILES string of the molecule is O=C(Nc1ccccc1)Nc1snnc1C(=O)N/N=C/c1cccc([N+](=O)[O-])c1. The van der Waals surface area contributed by atoms with Gasteiger partial charge in [0.2, 0.25) is 0 Å². The van der Waals surface area contributed by atoms with Gasteiger partial charge in [-0.15, -0.1) is 5.10 Å². The number of para-hydroxylation sites is 1. The van der Waals surface area contributed by atoms with Crippen molar-refractivity contribution in [3.05, 3.63) is 76.0 Å². The van der Waals surface area contributed by atoms with Crippen LogP contribution in [0.5, 0.6) is 0 Å². The Bertz CT molecular complexity index is 1070. The van der Waals surface area contributed by atoms with E-state index in [1.807, 2.05) is 6.07 Å². The number of hydrogen-bond acceptors (Lipinski definition) is 8. The molecule has 3 aromatic rings. The average molecular weight is 411 g/mol. The van der Waals surface area contributed by atoms with E-state index in [9.17, 15) is 19.7 Å². The molecule has 1 aromatic heterocycles. The molecule has 0 unspecified atom stereocenters. The zero-order chi connectivity index (χ0) is 20.6. The first-order valence-corrected chi connectivity index (χ1v) is 8.83. The summed E-state index contributed by atoms with van der Waals surface area (Å²) in [6.07, 6.45) is 1.25. The molecule has 3 rings (SSSR count). The maximum Gasteiger partial charge on any atom is 0.324 e. The lowest BCUT2D eigenvalue weighted by Gasteiger charge is -2.06. The van der Waals surface area contributed by atoms with Gasteiger partial charge < -0.3 is 5.32 Å². The molecule has 29 heavy (non-hydrogen) atoms. The van der Waals surface area contributed by atoms with Crippen LogP contribution in [-0.4, -0.2) is 32.7 Å². The molecule has 2 aromatic carbocycles. The Labute approximate surface area is 167 Å². The Morgan fingerprint density at radius 3 is 2.66 bits per heavy atom. The fourth-order valence-electron chi connectivity index (χ4n) is 2.15. The van der Waals surface area contributed by atoms with Crippen molar-refractivity contribution in [2.75, 3.05) is 10.6 Å². The Morgan fingerprint density at radius 2 is 1.90 bits per heavy atom. The molecule has 0 spiro atoms. The summed E-state index contributed by atoms with van der Waals surface area (Å²) in [5.41, 5.74) is 3.03. The van der Waals surface area contributed by atoms with Crippen molar-refractivity contribution in [3.8, 4) is 0 Å². The molecule has 0 saturated carbocycles. The highest BCUT2D eigenvalue weighted by atomic mass is 32.1. The number of hydrazone groups is 1. The Kier molecular flexibility index (Phi) is 6.17. The van der Waals surface area contributed by atoms with Crippen molar-refractivity contribution in [1.82, 2.24) is 15.0 Å². The van der Waals surface area contributed by atoms with Gasteiger partial charge in [-0.25, -0.2) is 10.2 Å². The van der Waals surface area contributed by atoms with E-state index in [1.165, 1.54) is 24.4 Å². The summed E-state index contributed by atoms with van der Waals surface area (Å²) < 4.78 is 3.66. The van der Waals surface area contributed by atoms with Crippen LogP contribution in [0.2, 0.25) is 0 Å². The quantitative estimate of drug-likeness (QED) is 0.322. The van der Waals surface area contributed by atoms with Crippen LogP contribution >= 0.6 is 11.5 Å². The molecular formula is C17H13N7O4S. The first-order valence-electron chi connectivity index (χ1n) is 8.06. The number of aromatic nitrogens is 2. The highest BCUT2D eigenvalue weighted by Crippen LogP contribution is 2.18. The van der Waals surface area contributed by atoms with E-state index in [-0.39, 0.29) is 16.4 Å². The number of amides is 3. The third-order valence-corrected chi connectivity index (χ3v) is 4.06. The van der Waals surface area contributed by atoms with Crippen LogP contribution in [0.15, 0.2) is 59.7 Å². The van der Waals surface area contributed by atoms with E-state index in [2.05, 4.69) is 30.7 Å². The largest absolute Gasteiger partial charge is 0.324 e. The molecule has 0 aliphatic heterocycles. The van der Waals surface area contributed by atoms with E-state index in [1.54, 1.807) is 30.3 Å². The molecule has 0 aliphatic carbocycles. The number of anilines is 2. The third-order valence-electron chi connectivity index (χ3n) is 3.42. The minimum atomic E-state index is -0.699. The molecule has 0 saturated heterocycles. The van der Waals surface area contributed by atoms with Crippen LogP contribution in [0.25, 0.3) is 0 Å². The number of benzene rings is 2. The Balaban J connectivity index is 1.61. The van der Waals surface area contributed by atoms with Gasteiger partial charge in [-0.1, -0.05) is 34.8 Å². The molecule has 0 aliphatic rings. The second-order valence-corrected chi connectivity index (χ2v) is 6.20. The van der Waals surface area contributed by atoms with Crippen LogP contribution in [0.3, 0.4) is 0 Å². The molecule has 0 radical (unpaired) electrons. The highest BCUT2D eigenvalue weighted by molar-refractivity contribution is 7.10. The number of nitro benzene ring substituents is 1. The van der Waals surface area contributed by atoms with Gasteiger partial charge in [-0.05, 0) is 12.1 Å².